The maximum absolute atomic E-state index is 13.7. The molecule has 2 N–H and O–H groups in total. The third kappa shape index (κ3) is 5.39. The van der Waals surface area contributed by atoms with Gasteiger partial charge in [-0.3, -0.25) is 18.9 Å². The number of amides is 1. The van der Waals surface area contributed by atoms with Gasteiger partial charge in [0.2, 0.25) is 0 Å². The van der Waals surface area contributed by atoms with Crippen LogP contribution in [0.3, 0.4) is 0 Å². The predicted molar refractivity (Wildman–Crippen MR) is 153 cm³/mol. The molecule has 0 spiro atoms. The van der Waals surface area contributed by atoms with Gasteiger partial charge in [-0.25, -0.2) is 18.6 Å². The second-order valence-electron chi connectivity index (χ2n) is 10.3. The maximum Gasteiger partial charge on any atom is 0.333 e. The zero-order valence-electron chi connectivity index (χ0n) is 21.9. The molecule has 0 unspecified atom stereocenters. The highest BCUT2D eigenvalue weighted by molar-refractivity contribution is 6.30. The normalized spacial score (nSPS) is 17.3. The second kappa shape index (κ2) is 11.3. The average molecular weight is 577 g/mol. The molecule has 0 atom stereocenters. The molecule has 1 fully saturated rings. The minimum Gasteiger partial charge on any atom is -0.349 e. The van der Waals surface area contributed by atoms with E-state index in [4.69, 9.17) is 11.6 Å². The maximum atomic E-state index is 13.7. The van der Waals surface area contributed by atoms with Gasteiger partial charge < -0.3 is 10.3 Å². The van der Waals surface area contributed by atoms with Crippen LogP contribution in [0.5, 0.6) is 0 Å². The van der Waals surface area contributed by atoms with Crippen molar-refractivity contribution in [1.29, 1.82) is 0 Å². The second-order valence-corrected chi connectivity index (χ2v) is 10.7. The Bertz CT molecular complexity index is 1740. The molecule has 1 saturated carbocycles. The van der Waals surface area contributed by atoms with Gasteiger partial charge in [0.1, 0.15) is 5.69 Å². The first-order valence-corrected chi connectivity index (χ1v) is 13.8. The van der Waals surface area contributed by atoms with Crippen molar-refractivity contribution in [3.8, 4) is 16.9 Å². The van der Waals surface area contributed by atoms with Crippen LogP contribution < -0.4 is 11.0 Å². The summed E-state index contributed by atoms with van der Waals surface area (Å²) in [5, 5.41) is 3.00. The van der Waals surface area contributed by atoms with Crippen molar-refractivity contribution in [3.05, 3.63) is 100 Å². The molecule has 1 amide bonds. The summed E-state index contributed by atoms with van der Waals surface area (Å²) in [5.74, 6) is -0.371. The quantitative estimate of drug-likeness (QED) is 0.242. The number of aromatic nitrogens is 5. The van der Waals surface area contributed by atoms with Crippen molar-refractivity contribution in [2.24, 2.45) is 5.92 Å². The molecule has 1 aliphatic rings. The summed E-state index contributed by atoms with van der Waals surface area (Å²) in [4.78, 5) is 37.3. The third-order valence-corrected chi connectivity index (χ3v) is 7.94. The Morgan fingerprint density at radius 1 is 1.05 bits per heavy atom. The zero-order valence-corrected chi connectivity index (χ0v) is 22.7. The van der Waals surface area contributed by atoms with Crippen LogP contribution in [-0.4, -0.2) is 36.0 Å². The number of nitrogens with zero attached hydrogens (tertiary/aromatic N) is 4. The summed E-state index contributed by atoms with van der Waals surface area (Å²) in [6.07, 6.45) is 4.54. The monoisotopic (exact) mass is 576 g/mol. The van der Waals surface area contributed by atoms with Crippen LogP contribution >= 0.6 is 11.6 Å². The number of imidazole rings is 2. The summed E-state index contributed by atoms with van der Waals surface area (Å²) in [5.41, 5.74) is 3.46. The Labute approximate surface area is 239 Å². The van der Waals surface area contributed by atoms with Gasteiger partial charge >= 0.3 is 5.69 Å². The van der Waals surface area contributed by atoms with E-state index in [-0.39, 0.29) is 28.2 Å². The lowest BCUT2D eigenvalue weighted by molar-refractivity contribution is 0.0904. The van der Waals surface area contributed by atoms with E-state index in [1.807, 2.05) is 53.1 Å². The first kappa shape index (κ1) is 26.9. The minimum atomic E-state index is -2.88. The van der Waals surface area contributed by atoms with E-state index in [2.05, 4.69) is 20.3 Å². The number of aromatic amines is 1. The number of pyridine rings is 1. The topological polar surface area (TPSA) is 97.6 Å². The highest BCUT2D eigenvalue weighted by Gasteiger charge is 2.27. The number of halogens is 3. The van der Waals surface area contributed by atoms with Crippen molar-refractivity contribution in [3.63, 3.8) is 0 Å². The van der Waals surface area contributed by atoms with Crippen LogP contribution in [0.15, 0.2) is 78.1 Å². The summed E-state index contributed by atoms with van der Waals surface area (Å²) < 4.78 is 30.3. The SMILES string of the molecule is O=C(N[C@H]1CC[C@H](Cn2c(=O)n(-c3ccc(-c4cnc[nH]4)cc3)c3ccccc32)CC1)c1cc(Cl)cnc1C(F)F. The molecular weight excluding hydrogens is 550 g/mol. The third-order valence-electron chi connectivity index (χ3n) is 7.73. The Hall–Kier alpha value is -4.31. The highest BCUT2D eigenvalue weighted by Crippen LogP contribution is 2.29. The number of hydrogen-bond donors (Lipinski definition) is 2. The molecule has 0 bridgehead atoms. The first-order valence-electron chi connectivity index (χ1n) is 13.4. The molecule has 0 aliphatic heterocycles. The number of H-pyrrole nitrogens is 1. The lowest BCUT2D eigenvalue weighted by Crippen LogP contribution is -2.39. The molecule has 8 nitrogen and oxygen atoms in total. The largest absolute Gasteiger partial charge is 0.349 e. The summed E-state index contributed by atoms with van der Waals surface area (Å²) in [6, 6.07) is 16.6. The standard InChI is InChI=1S/C30H27ClF2N6O2/c31-20-13-23(27(28(32)33)35-14-20)29(40)37-21-9-5-18(6-10-21)16-38-25-3-1-2-4-26(25)39(30(38)41)22-11-7-19(8-12-22)24-15-34-17-36-24/h1-4,7-8,11-15,17-18,21,28H,5-6,9-10,16H2,(H,34,36)(H,37,40)/t18-,21-. The Morgan fingerprint density at radius 2 is 1.78 bits per heavy atom. The van der Waals surface area contributed by atoms with Gasteiger partial charge in [0.15, 0.2) is 0 Å². The summed E-state index contributed by atoms with van der Waals surface area (Å²) >= 11 is 5.91. The van der Waals surface area contributed by atoms with E-state index in [0.717, 1.165) is 47.0 Å². The molecule has 3 aromatic heterocycles. The molecule has 41 heavy (non-hydrogen) atoms. The molecule has 6 rings (SSSR count). The predicted octanol–water partition coefficient (Wildman–Crippen LogP) is 6.16. The van der Waals surface area contributed by atoms with Crippen LogP contribution in [-0.2, 0) is 6.54 Å². The number of nitrogens with one attached hydrogen (secondary N) is 2. The number of carbonyl (C=O) groups is 1. The lowest BCUT2D eigenvalue weighted by atomic mass is 9.85. The molecule has 2 aromatic carbocycles. The number of alkyl halides is 2. The van der Waals surface area contributed by atoms with E-state index in [0.29, 0.717) is 19.4 Å². The molecular formula is C30H27ClF2N6O2. The smallest absolute Gasteiger partial charge is 0.333 e. The summed E-state index contributed by atoms with van der Waals surface area (Å²) in [6.45, 7) is 0.549. The van der Waals surface area contributed by atoms with Crippen LogP contribution in [0.25, 0.3) is 28.0 Å². The van der Waals surface area contributed by atoms with E-state index in [1.165, 1.54) is 6.07 Å². The average Bonchev–Trinajstić information content (AvgIpc) is 3.61. The number of para-hydroxylation sites is 2. The number of benzene rings is 2. The van der Waals surface area contributed by atoms with Gasteiger partial charge in [-0.15, -0.1) is 0 Å². The van der Waals surface area contributed by atoms with Gasteiger partial charge in [0.05, 0.1) is 45.5 Å². The van der Waals surface area contributed by atoms with E-state index < -0.39 is 18.0 Å². The van der Waals surface area contributed by atoms with E-state index in [1.54, 1.807) is 17.1 Å². The molecule has 3 heterocycles. The van der Waals surface area contributed by atoms with Gasteiger partial charge in [-0.2, -0.15) is 0 Å². The van der Waals surface area contributed by atoms with E-state index >= 15 is 0 Å². The van der Waals surface area contributed by atoms with Crippen LogP contribution in [0.1, 0.15) is 48.2 Å². The lowest BCUT2D eigenvalue weighted by Gasteiger charge is -2.29. The molecule has 0 radical (unpaired) electrons. The van der Waals surface area contributed by atoms with Crippen molar-refractivity contribution >= 4 is 28.5 Å². The van der Waals surface area contributed by atoms with Gasteiger partial charge in [-0.1, -0.05) is 35.9 Å². The molecule has 0 saturated heterocycles. The van der Waals surface area contributed by atoms with Crippen molar-refractivity contribution < 1.29 is 13.6 Å². The van der Waals surface area contributed by atoms with Crippen molar-refractivity contribution in [1.82, 2.24) is 29.4 Å². The number of fused-ring (bicyclic) bond motifs is 1. The summed E-state index contributed by atoms with van der Waals surface area (Å²) in [7, 11) is 0. The number of rotatable bonds is 7. The highest BCUT2D eigenvalue weighted by atomic mass is 35.5. The molecule has 1 aliphatic carbocycles. The van der Waals surface area contributed by atoms with Gasteiger partial charge in [-0.05, 0) is 67.5 Å². The Morgan fingerprint density at radius 3 is 2.46 bits per heavy atom. The molecule has 5 aromatic rings. The Kier molecular flexibility index (Phi) is 7.40. The van der Waals surface area contributed by atoms with E-state index in [9.17, 15) is 18.4 Å². The van der Waals surface area contributed by atoms with Gasteiger partial charge in [0, 0.05) is 18.8 Å². The number of carbonyl (C=O) groups excluding carboxylic acids is 1. The first-order chi connectivity index (χ1) is 19.9. The Balaban J connectivity index is 1.17. The van der Waals surface area contributed by atoms with Crippen LogP contribution in [0, 0.1) is 5.92 Å². The van der Waals surface area contributed by atoms with Crippen LogP contribution in [0.2, 0.25) is 5.02 Å². The van der Waals surface area contributed by atoms with Gasteiger partial charge in [0.25, 0.3) is 12.3 Å². The fourth-order valence-corrected chi connectivity index (χ4v) is 5.81. The van der Waals surface area contributed by atoms with Crippen LogP contribution in [0.4, 0.5) is 8.78 Å². The number of hydrogen-bond acceptors (Lipinski definition) is 4. The molecule has 11 heteroatoms. The zero-order chi connectivity index (χ0) is 28.5. The molecule has 210 valence electrons. The fourth-order valence-electron chi connectivity index (χ4n) is 5.65. The van der Waals surface area contributed by atoms with Crippen molar-refractivity contribution in [2.75, 3.05) is 0 Å². The minimum absolute atomic E-state index is 0.107. The van der Waals surface area contributed by atoms with Crippen molar-refractivity contribution in [2.45, 2.75) is 44.7 Å². The fraction of sp³-hybridized carbons (Fsp3) is 0.267.